The summed E-state index contributed by atoms with van der Waals surface area (Å²) in [5.41, 5.74) is 5.45. The highest BCUT2D eigenvalue weighted by Crippen LogP contribution is 2.24. The Morgan fingerprint density at radius 1 is 1.23 bits per heavy atom. The number of benzene rings is 1. The van der Waals surface area contributed by atoms with E-state index in [1.54, 1.807) is 36.4 Å². The molecule has 118 valence electrons. The molecule has 2 rings (SSSR count). The molecule has 0 saturated heterocycles. The lowest BCUT2D eigenvalue weighted by Gasteiger charge is -2.08. The topological polar surface area (TPSA) is 98.5 Å². The summed E-state index contributed by atoms with van der Waals surface area (Å²) in [5, 5.41) is 0. The first-order valence-corrected chi connectivity index (χ1v) is 8.77. The SMILES string of the molecule is Cc1ccc(S(=O)(=O)Nc2ccc(OCCC(N)=O)cc2)s1. The molecule has 0 atom stereocenters. The maximum absolute atomic E-state index is 12.2. The summed E-state index contributed by atoms with van der Waals surface area (Å²) in [7, 11) is -3.57. The second-order valence-electron chi connectivity index (χ2n) is 4.56. The third kappa shape index (κ3) is 4.47. The van der Waals surface area contributed by atoms with Gasteiger partial charge in [0.15, 0.2) is 0 Å². The third-order valence-corrected chi connectivity index (χ3v) is 5.58. The number of rotatable bonds is 7. The number of nitrogens with one attached hydrogen (secondary N) is 1. The maximum Gasteiger partial charge on any atom is 0.271 e. The average Bonchev–Trinajstić information content (AvgIpc) is 2.88. The molecule has 1 aromatic carbocycles. The number of hydrogen-bond acceptors (Lipinski definition) is 5. The Morgan fingerprint density at radius 3 is 2.45 bits per heavy atom. The quantitative estimate of drug-likeness (QED) is 0.806. The number of carbonyl (C=O) groups excluding carboxylic acids is 1. The second kappa shape index (κ2) is 6.80. The first-order chi connectivity index (χ1) is 10.4. The summed E-state index contributed by atoms with van der Waals surface area (Å²) < 4.78 is 32.4. The molecule has 1 aromatic heterocycles. The zero-order chi connectivity index (χ0) is 16.2. The lowest BCUT2D eigenvalue weighted by atomic mass is 10.3. The van der Waals surface area contributed by atoms with E-state index in [1.165, 1.54) is 11.3 Å². The molecular weight excluding hydrogens is 324 g/mol. The van der Waals surface area contributed by atoms with Crippen molar-refractivity contribution in [3.8, 4) is 5.75 Å². The van der Waals surface area contributed by atoms with Gasteiger partial charge in [-0.3, -0.25) is 9.52 Å². The summed E-state index contributed by atoms with van der Waals surface area (Å²) in [6.45, 7) is 2.04. The molecule has 0 saturated carbocycles. The van der Waals surface area contributed by atoms with Crippen LogP contribution in [0.2, 0.25) is 0 Å². The van der Waals surface area contributed by atoms with Crippen molar-refractivity contribution in [1.82, 2.24) is 0 Å². The Hall–Kier alpha value is -2.06. The molecule has 1 amide bonds. The Kier molecular flexibility index (Phi) is 5.04. The number of primary amides is 1. The maximum atomic E-state index is 12.2. The number of hydrogen-bond donors (Lipinski definition) is 2. The van der Waals surface area contributed by atoms with E-state index < -0.39 is 15.9 Å². The normalized spacial score (nSPS) is 11.1. The van der Waals surface area contributed by atoms with Crippen molar-refractivity contribution >= 4 is 33.0 Å². The molecule has 0 aliphatic heterocycles. The van der Waals surface area contributed by atoms with Crippen LogP contribution < -0.4 is 15.2 Å². The summed E-state index contributed by atoms with van der Waals surface area (Å²) in [6.07, 6.45) is 0.131. The number of anilines is 1. The minimum atomic E-state index is -3.57. The fourth-order valence-electron chi connectivity index (χ4n) is 1.65. The van der Waals surface area contributed by atoms with Gasteiger partial charge < -0.3 is 10.5 Å². The van der Waals surface area contributed by atoms with Crippen LogP contribution in [-0.2, 0) is 14.8 Å². The number of ether oxygens (including phenoxy) is 1. The third-order valence-electron chi connectivity index (χ3n) is 2.70. The minimum Gasteiger partial charge on any atom is -0.493 e. The Balaban J connectivity index is 2.00. The van der Waals surface area contributed by atoms with Crippen molar-refractivity contribution in [2.45, 2.75) is 17.6 Å². The lowest BCUT2D eigenvalue weighted by Crippen LogP contribution is -2.14. The van der Waals surface area contributed by atoms with Crippen LogP contribution in [0.1, 0.15) is 11.3 Å². The first-order valence-electron chi connectivity index (χ1n) is 6.47. The highest BCUT2D eigenvalue weighted by Gasteiger charge is 2.16. The zero-order valence-electron chi connectivity index (χ0n) is 11.9. The van der Waals surface area contributed by atoms with Gasteiger partial charge in [0, 0.05) is 10.6 Å². The van der Waals surface area contributed by atoms with Gasteiger partial charge in [0.2, 0.25) is 5.91 Å². The van der Waals surface area contributed by atoms with Crippen LogP contribution in [0.25, 0.3) is 0 Å². The highest BCUT2D eigenvalue weighted by atomic mass is 32.2. The van der Waals surface area contributed by atoms with Crippen LogP contribution in [0, 0.1) is 6.92 Å². The van der Waals surface area contributed by atoms with Crippen molar-refractivity contribution in [2.75, 3.05) is 11.3 Å². The molecule has 0 aliphatic carbocycles. The zero-order valence-corrected chi connectivity index (χ0v) is 13.5. The van der Waals surface area contributed by atoms with E-state index in [-0.39, 0.29) is 17.2 Å². The standard InChI is InChI=1S/C14H16N2O4S2/c1-10-2-7-14(21-10)22(18,19)16-11-3-5-12(6-4-11)20-9-8-13(15)17/h2-7,16H,8-9H2,1H3,(H2,15,17). The van der Waals surface area contributed by atoms with E-state index in [1.807, 2.05) is 6.92 Å². The molecule has 1 heterocycles. The number of nitrogens with two attached hydrogens (primary N) is 1. The fraction of sp³-hybridized carbons (Fsp3) is 0.214. The van der Waals surface area contributed by atoms with E-state index in [9.17, 15) is 13.2 Å². The van der Waals surface area contributed by atoms with Crippen molar-refractivity contribution in [3.05, 3.63) is 41.3 Å². The number of amides is 1. The first kappa shape index (κ1) is 16.3. The molecule has 3 N–H and O–H groups in total. The van der Waals surface area contributed by atoms with Gasteiger partial charge in [0.25, 0.3) is 10.0 Å². The van der Waals surface area contributed by atoms with Crippen LogP contribution in [0.15, 0.2) is 40.6 Å². The summed E-state index contributed by atoms with van der Waals surface area (Å²) in [5.74, 6) is 0.104. The number of sulfonamides is 1. The summed E-state index contributed by atoms with van der Waals surface area (Å²) in [6, 6.07) is 9.77. The van der Waals surface area contributed by atoms with Crippen LogP contribution in [-0.4, -0.2) is 20.9 Å². The van der Waals surface area contributed by atoms with Gasteiger partial charge in [-0.1, -0.05) is 0 Å². The van der Waals surface area contributed by atoms with Gasteiger partial charge in [-0.15, -0.1) is 11.3 Å². The van der Waals surface area contributed by atoms with Crippen molar-refractivity contribution in [1.29, 1.82) is 0 Å². The minimum absolute atomic E-state index is 0.131. The van der Waals surface area contributed by atoms with Crippen LogP contribution in [0.3, 0.4) is 0 Å². The molecule has 6 nitrogen and oxygen atoms in total. The molecule has 0 bridgehead atoms. The number of thiophene rings is 1. The van der Waals surface area contributed by atoms with Crippen LogP contribution in [0.4, 0.5) is 5.69 Å². The van der Waals surface area contributed by atoms with Gasteiger partial charge in [-0.05, 0) is 43.3 Å². The number of carbonyl (C=O) groups is 1. The predicted octanol–water partition coefficient (Wildman–Crippen LogP) is 2.11. The van der Waals surface area contributed by atoms with Gasteiger partial charge in [-0.25, -0.2) is 8.42 Å². The average molecular weight is 340 g/mol. The van der Waals surface area contributed by atoms with E-state index >= 15 is 0 Å². The highest BCUT2D eigenvalue weighted by molar-refractivity contribution is 7.94. The largest absolute Gasteiger partial charge is 0.493 e. The van der Waals surface area contributed by atoms with E-state index in [0.717, 1.165) is 4.88 Å². The molecule has 0 unspecified atom stereocenters. The molecule has 0 aliphatic rings. The Bertz CT molecular complexity index is 751. The monoisotopic (exact) mass is 340 g/mol. The smallest absolute Gasteiger partial charge is 0.271 e. The second-order valence-corrected chi connectivity index (χ2v) is 7.76. The molecule has 0 fully saturated rings. The van der Waals surface area contributed by atoms with Crippen molar-refractivity contribution in [3.63, 3.8) is 0 Å². The lowest BCUT2D eigenvalue weighted by molar-refractivity contribution is -0.118. The molecule has 2 aromatic rings. The Morgan fingerprint density at radius 2 is 1.91 bits per heavy atom. The van der Waals surface area contributed by atoms with E-state index in [4.69, 9.17) is 10.5 Å². The van der Waals surface area contributed by atoms with Gasteiger partial charge in [-0.2, -0.15) is 0 Å². The van der Waals surface area contributed by atoms with Crippen molar-refractivity contribution < 1.29 is 17.9 Å². The molecule has 0 radical (unpaired) electrons. The molecule has 22 heavy (non-hydrogen) atoms. The van der Waals surface area contributed by atoms with Crippen molar-refractivity contribution in [2.24, 2.45) is 5.73 Å². The van der Waals surface area contributed by atoms with E-state index in [0.29, 0.717) is 11.4 Å². The predicted molar refractivity (Wildman–Crippen MR) is 85.6 cm³/mol. The molecule has 8 heteroatoms. The summed E-state index contributed by atoms with van der Waals surface area (Å²) >= 11 is 1.21. The van der Waals surface area contributed by atoms with Gasteiger partial charge in [0.05, 0.1) is 13.0 Å². The molecule has 0 spiro atoms. The van der Waals surface area contributed by atoms with Crippen LogP contribution in [0.5, 0.6) is 5.75 Å². The van der Waals surface area contributed by atoms with Crippen LogP contribution >= 0.6 is 11.3 Å². The van der Waals surface area contributed by atoms with E-state index in [2.05, 4.69) is 4.72 Å². The van der Waals surface area contributed by atoms with Gasteiger partial charge in [0.1, 0.15) is 9.96 Å². The fourth-order valence-corrected chi connectivity index (χ4v) is 3.99. The van der Waals surface area contributed by atoms with Gasteiger partial charge >= 0.3 is 0 Å². The molecular formula is C14H16N2O4S2. The Labute approximate surface area is 133 Å². The summed E-state index contributed by atoms with van der Waals surface area (Å²) in [4.78, 5) is 11.5. The number of aryl methyl sites for hydroxylation is 1.